The van der Waals surface area contributed by atoms with Gasteiger partial charge >= 0.3 is 0 Å². The molecule has 8 heteroatoms. The summed E-state index contributed by atoms with van der Waals surface area (Å²) in [6.45, 7) is 1.19. The third kappa shape index (κ3) is 4.79. The van der Waals surface area contributed by atoms with Crippen molar-refractivity contribution in [1.29, 1.82) is 0 Å². The second kappa shape index (κ2) is 9.28. The lowest BCUT2D eigenvalue weighted by Gasteiger charge is -2.31. The Balaban J connectivity index is 1.28. The Kier molecular flexibility index (Phi) is 5.89. The molecule has 0 radical (unpaired) electrons. The molecule has 4 heterocycles. The fraction of sp³-hybridized carbons (Fsp3) is 0.240. The molecule has 4 aromatic rings. The first-order chi connectivity index (χ1) is 16.2. The number of halogens is 1. The molecule has 0 unspecified atom stereocenters. The zero-order valence-corrected chi connectivity index (χ0v) is 17.9. The van der Waals surface area contributed by atoms with Crippen molar-refractivity contribution in [2.75, 3.05) is 13.1 Å². The molecule has 5 rings (SSSR count). The minimum absolute atomic E-state index is 0.0235. The molecule has 1 aliphatic heterocycles. The van der Waals surface area contributed by atoms with E-state index >= 15 is 0 Å². The maximum Gasteiger partial charge on any atom is 0.272 e. The Morgan fingerprint density at radius 1 is 1.09 bits per heavy atom. The van der Waals surface area contributed by atoms with Gasteiger partial charge in [-0.05, 0) is 42.7 Å². The molecule has 166 valence electrons. The Morgan fingerprint density at radius 3 is 2.73 bits per heavy atom. The molecule has 7 nitrogen and oxygen atoms in total. The molecule has 1 aromatic carbocycles. The fourth-order valence-electron chi connectivity index (χ4n) is 4.07. The lowest BCUT2D eigenvalue weighted by atomic mass is 9.97. The van der Waals surface area contributed by atoms with Crippen molar-refractivity contribution in [3.05, 3.63) is 96.1 Å². The molecule has 0 saturated carbocycles. The van der Waals surface area contributed by atoms with E-state index in [0.717, 1.165) is 29.7 Å². The van der Waals surface area contributed by atoms with E-state index in [1.807, 2.05) is 17.0 Å². The normalized spacial score (nSPS) is 16.0. The summed E-state index contributed by atoms with van der Waals surface area (Å²) in [4.78, 5) is 32.0. The van der Waals surface area contributed by atoms with Crippen molar-refractivity contribution in [3.8, 4) is 11.3 Å². The van der Waals surface area contributed by atoms with Crippen molar-refractivity contribution < 1.29 is 13.6 Å². The van der Waals surface area contributed by atoms with E-state index in [1.54, 1.807) is 36.8 Å². The average Bonchev–Trinajstić information content (AvgIpc) is 3.34. The Morgan fingerprint density at radius 2 is 1.91 bits per heavy atom. The fourth-order valence-corrected chi connectivity index (χ4v) is 4.07. The molecule has 1 fully saturated rings. The van der Waals surface area contributed by atoms with Crippen molar-refractivity contribution in [3.63, 3.8) is 0 Å². The molecule has 1 amide bonds. The van der Waals surface area contributed by atoms with Gasteiger partial charge in [0, 0.05) is 37.5 Å². The summed E-state index contributed by atoms with van der Waals surface area (Å²) < 4.78 is 19.1. The number of oxazole rings is 1. The maximum absolute atomic E-state index is 13.2. The summed E-state index contributed by atoms with van der Waals surface area (Å²) in [6.07, 6.45) is 8.82. The van der Waals surface area contributed by atoms with Crippen LogP contribution in [0.15, 0.2) is 71.8 Å². The van der Waals surface area contributed by atoms with Crippen LogP contribution in [-0.4, -0.2) is 43.8 Å². The van der Waals surface area contributed by atoms with Crippen molar-refractivity contribution >= 4 is 5.91 Å². The molecule has 1 saturated heterocycles. The summed E-state index contributed by atoms with van der Waals surface area (Å²) in [7, 11) is 0. The first-order valence-electron chi connectivity index (χ1n) is 10.9. The minimum atomic E-state index is -0.263. The number of likely N-dealkylation sites (tertiary alicyclic amines) is 1. The number of benzene rings is 1. The Bertz CT molecular complexity index is 1240. The number of hydrogen-bond acceptors (Lipinski definition) is 6. The monoisotopic (exact) mass is 443 g/mol. The summed E-state index contributed by atoms with van der Waals surface area (Å²) in [5.41, 5.74) is 2.76. The smallest absolute Gasteiger partial charge is 0.272 e. The van der Waals surface area contributed by atoms with Gasteiger partial charge in [0.2, 0.25) is 0 Å². The highest BCUT2D eigenvalue weighted by Gasteiger charge is 2.29. The van der Waals surface area contributed by atoms with E-state index in [0.29, 0.717) is 36.8 Å². The number of carbonyl (C=O) groups excluding carboxylic acids is 1. The minimum Gasteiger partial charge on any atom is -0.445 e. The Labute approximate surface area is 190 Å². The van der Waals surface area contributed by atoms with Gasteiger partial charge in [-0.2, -0.15) is 0 Å². The molecule has 3 aromatic heterocycles. The van der Waals surface area contributed by atoms with Crippen LogP contribution in [0.2, 0.25) is 0 Å². The molecular weight excluding hydrogens is 421 g/mol. The average molecular weight is 443 g/mol. The molecule has 1 atom stereocenters. The highest BCUT2D eigenvalue weighted by Crippen LogP contribution is 2.28. The standard InChI is InChI=1S/C25H22FN5O2/c26-20-8-6-17(7-9-20)11-21-14-29-24(33-21)18-3-2-10-31(15-18)25(32)23-5-1-4-22(30-23)19-12-27-16-28-13-19/h1,4-9,12-14,16,18H,2-3,10-11,15H2/t18-/m1/s1. The number of carbonyl (C=O) groups is 1. The van der Waals surface area contributed by atoms with Crippen LogP contribution in [0.5, 0.6) is 0 Å². The third-order valence-corrected chi connectivity index (χ3v) is 5.75. The molecule has 0 bridgehead atoms. The third-order valence-electron chi connectivity index (χ3n) is 5.75. The lowest BCUT2D eigenvalue weighted by molar-refractivity contribution is 0.0692. The first kappa shape index (κ1) is 20.9. The zero-order valence-electron chi connectivity index (χ0n) is 17.9. The molecule has 0 aliphatic carbocycles. The molecular formula is C25H22FN5O2. The predicted molar refractivity (Wildman–Crippen MR) is 119 cm³/mol. The number of hydrogen-bond donors (Lipinski definition) is 0. The Hall–Kier alpha value is -3.94. The van der Waals surface area contributed by atoms with Gasteiger partial charge in [0.15, 0.2) is 5.89 Å². The number of pyridine rings is 1. The van der Waals surface area contributed by atoms with Crippen LogP contribution in [0.25, 0.3) is 11.3 Å². The predicted octanol–water partition coefficient (Wildman–Crippen LogP) is 4.28. The van der Waals surface area contributed by atoms with E-state index in [-0.39, 0.29) is 17.6 Å². The summed E-state index contributed by atoms with van der Waals surface area (Å²) >= 11 is 0. The van der Waals surface area contributed by atoms with Crippen LogP contribution in [0.3, 0.4) is 0 Å². The van der Waals surface area contributed by atoms with Gasteiger partial charge in [-0.25, -0.2) is 24.3 Å². The van der Waals surface area contributed by atoms with Crippen molar-refractivity contribution in [2.24, 2.45) is 0 Å². The molecule has 1 aliphatic rings. The van der Waals surface area contributed by atoms with Gasteiger partial charge in [0.1, 0.15) is 23.6 Å². The van der Waals surface area contributed by atoms with Crippen LogP contribution in [0.1, 0.15) is 46.5 Å². The number of aromatic nitrogens is 4. The van der Waals surface area contributed by atoms with Gasteiger partial charge in [-0.1, -0.05) is 18.2 Å². The highest BCUT2D eigenvalue weighted by atomic mass is 19.1. The molecule has 0 spiro atoms. The van der Waals surface area contributed by atoms with E-state index < -0.39 is 0 Å². The largest absolute Gasteiger partial charge is 0.445 e. The SMILES string of the molecule is O=C(c1cccc(-c2cncnc2)n1)N1CCC[C@@H](c2ncc(Cc3ccc(F)cc3)o2)C1. The second-order valence-electron chi connectivity index (χ2n) is 8.09. The molecule has 0 N–H and O–H groups in total. The summed E-state index contributed by atoms with van der Waals surface area (Å²) in [5, 5.41) is 0. The highest BCUT2D eigenvalue weighted by molar-refractivity contribution is 5.93. The van der Waals surface area contributed by atoms with E-state index in [4.69, 9.17) is 4.42 Å². The number of piperidine rings is 1. The molecule has 33 heavy (non-hydrogen) atoms. The number of amides is 1. The summed E-state index contributed by atoms with van der Waals surface area (Å²) in [5.74, 6) is 1.00. The van der Waals surface area contributed by atoms with Gasteiger partial charge in [0.25, 0.3) is 5.91 Å². The van der Waals surface area contributed by atoms with Gasteiger partial charge in [-0.15, -0.1) is 0 Å². The second-order valence-corrected chi connectivity index (χ2v) is 8.09. The van der Waals surface area contributed by atoms with Gasteiger partial charge < -0.3 is 9.32 Å². The zero-order chi connectivity index (χ0) is 22.6. The van der Waals surface area contributed by atoms with Gasteiger partial charge in [-0.3, -0.25) is 4.79 Å². The van der Waals surface area contributed by atoms with Crippen LogP contribution in [-0.2, 0) is 6.42 Å². The van der Waals surface area contributed by atoms with Crippen molar-refractivity contribution in [2.45, 2.75) is 25.2 Å². The number of nitrogens with zero attached hydrogens (tertiary/aromatic N) is 5. The maximum atomic E-state index is 13.2. The van der Waals surface area contributed by atoms with Crippen molar-refractivity contribution in [1.82, 2.24) is 24.8 Å². The van der Waals surface area contributed by atoms with Crippen LogP contribution in [0, 0.1) is 5.82 Å². The van der Waals surface area contributed by atoms with E-state index in [1.165, 1.54) is 18.5 Å². The number of rotatable bonds is 5. The van der Waals surface area contributed by atoms with E-state index in [9.17, 15) is 9.18 Å². The quantitative estimate of drug-likeness (QED) is 0.458. The van der Waals surface area contributed by atoms with Crippen LogP contribution >= 0.6 is 0 Å². The van der Waals surface area contributed by atoms with Gasteiger partial charge in [0.05, 0.1) is 17.8 Å². The topological polar surface area (TPSA) is 85.0 Å². The first-order valence-corrected chi connectivity index (χ1v) is 10.9. The van der Waals surface area contributed by atoms with E-state index in [2.05, 4.69) is 19.9 Å². The lowest BCUT2D eigenvalue weighted by Crippen LogP contribution is -2.39. The van der Waals surface area contributed by atoms with Crippen LogP contribution < -0.4 is 0 Å². The van der Waals surface area contributed by atoms with Crippen LogP contribution in [0.4, 0.5) is 4.39 Å². The summed E-state index contributed by atoms with van der Waals surface area (Å²) in [6, 6.07) is 11.7.